The van der Waals surface area contributed by atoms with Crippen molar-refractivity contribution in [3.05, 3.63) is 52.4 Å². The summed E-state index contributed by atoms with van der Waals surface area (Å²) in [5, 5.41) is 2.69. The lowest BCUT2D eigenvalue weighted by molar-refractivity contribution is 0.102. The van der Waals surface area contributed by atoms with E-state index in [2.05, 4.69) is 10.3 Å². The number of aryl methyl sites for hydroxylation is 1. The van der Waals surface area contributed by atoms with E-state index >= 15 is 0 Å². The van der Waals surface area contributed by atoms with E-state index in [0.717, 1.165) is 0 Å². The Morgan fingerprint density at radius 1 is 1.37 bits per heavy atom. The van der Waals surface area contributed by atoms with E-state index in [1.54, 1.807) is 19.1 Å². The Hall–Kier alpha value is -2.14. The number of pyridine rings is 1. The Labute approximate surface area is 114 Å². The normalized spacial score (nSPS) is 10.3. The maximum Gasteiger partial charge on any atom is 0.255 e. The second-order valence-electron chi connectivity index (χ2n) is 4.02. The van der Waals surface area contributed by atoms with Gasteiger partial charge >= 0.3 is 0 Å². The number of nitrogens with one attached hydrogen (secondary N) is 1. The van der Waals surface area contributed by atoms with Crippen LogP contribution in [0.15, 0.2) is 30.3 Å². The van der Waals surface area contributed by atoms with Gasteiger partial charge in [0.15, 0.2) is 0 Å². The zero-order valence-electron chi connectivity index (χ0n) is 10.1. The minimum absolute atomic E-state index is 0.125. The monoisotopic (exact) mass is 279 g/mol. The van der Waals surface area contributed by atoms with Gasteiger partial charge in [-0.3, -0.25) is 4.79 Å². The fourth-order valence-corrected chi connectivity index (χ4v) is 1.74. The van der Waals surface area contributed by atoms with Crippen LogP contribution in [-0.2, 0) is 0 Å². The summed E-state index contributed by atoms with van der Waals surface area (Å²) in [5.41, 5.74) is 6.63. The number of anilines is 2. The summed E-state index contributed by atoms with van der Waals surface area (Å²) < 4.78 is 13.4. The summed E-state index contributed by atoms with van der Waals surface area (Å²) in [6.45, 7) is 1.64. The number of hydrogen-bond donors (Lipinski definition) is 2. The number of amides is 1. The van der Waals surface area contributed by atoms with Crippen LogP contribution < -0.4 is 11.1 Å². The molecule has 2 rings (SSSR count). The molecule has 1 aromatic carbocycles. The smallest absolute Gasteiger partial charge is 0.255 e. The first-order valence-electron chi connectivity index (χ1n) is 5.46. The number of nitrogens with two attached hydrogens (primary N) is 1. The zero-order valence-corrected chi connectivity index (χ0v) is 10.8. The molecule has 0 aliphatic heterocycles. The van der Waals surface area contributed by atoms with Crippen LogP contribution in [0.5, 0.6) is 0 Å². The van der Waals surface area contributed by atoms with Gasteiger partial charge in [0.1, 0.15) is 16.8 Å². The first kappa shape index (κ1) is 13.3. The summed E-state index contributed by atoms with van der Waals surface area (Å²) in [6.07, 6.45) is 0. The van der Waals surface area contributed by atoms with Crippen LogP contribution in [0.3, 0.4) is 0 Å². The maximum atomic E-state index is 13.4. The molecule has 0 saturated heterocycles. The molecule has 0 fully saturated rings. The molecule has 1 heterocycles. The number of nitrogen functional groups attached to an aromatic ring is 1. The molecule has 6 heteroatoms. The van der Waals surface area contributed by atoms with Gasteiger partial charge in [-0.25, -0.2) is 9.37 Å². The predicted octanol–water partition coefficient (Wildman–Crippen LogP) is 3.02. The van der Waals surface area contributed by atoms with Crippen molar-refractivity contribution in [3.63, 3.8) is 0 Å². The fraction of sp³-hybridized carbons (Fsp3) is 0.0769. The standard InChI is InChI=1S/C13H11ClFN3O/c1-7-2-3-9(6-10(7)15)17-13(19)8-4-11(14)18-12(16)5-8/h2-6H,1H3,(H2,16,18)(H,17,19). The van der Waals surface area contributed by atoms with Gasteiger partial charge in [-0.05, 0) is 36.8 Å². The summed E-state index contributed by atoms with van der Waals surface area (Å²) in [5.74, 6) is -0.669. The number of rotatable bonds is 2. The third kappa shape index (κ3) is 3.20. The van der Waals surface area contributed by atoms with Gasteiger partial charge in [0, 0.05) is 11.3 Å². The molecule has 3 N–H and O–H groups in total. The van der Waals surface area contributed by atoms with Crippen molar-refractivity contribution in [1.82, 2.24) is 4.98 Å². The number of aromatic nitrogens is 1. The van der Waals surface area contributed by atoms with Crippen LogP contribution in [0.2, 0.25) is 5.15 Å². The van der Waals surface area contributed by atoms with Crippen LogP contribution in [0.1, 0.15) is 15.9 Å². The summed E-state index contributed by atoms with van der Waals surface area (Å²) in [6, 6.07) is 7.23. The van der Waals surface area contributed by atoms with Crippen molar-refractivity contribution >= 4 is 29.0 Å². The SMILES string of the molecule is Cc1ccc(NC(=O)c2cc(N)nc(Cl)c2)cc1F. The molecule has 0 aliphatic rings. The Morgan fingerprint density at radius 2 is 2.11 bits per heavy atom. The summed E-state index contributed by atoms with van der Waals surface area (Å²) in [7, 11) is 0. The Kier molecular flexibility index (Phi) is 3.66. The van der Waals surface area contributed by atoms with Crippen LogP contribution >= 0.6 is 11.6 Å². The molecule has 0 spiro atoms. The van der Waals surface area contributed by atoms with E-state index in [1.165, 1.54) is 18.2 Å². The zero-order chi connectivity index (χ0) is 14.0. The molecular weight excluding hydrogens is 269 g/mol. The molecule has 19 heavy (non-hydrogen) atoms. The van der Waals surface area contributed by atoms with E-state index in [9.17, 15) is 9.18 Å². The number of hydrogen-bond acceptors (Lipinski definition) is 3. The molecule has 0 radical (unpaired) electrons. The van der Waals surface area contributed by atoms with Crippen molar-refractivity contribution in [3.8, 4) is 0 Å². The minimum Gasteiger partial charge on any atom is -0.384 e. The van der Waals surface area contributed by atoms with E-state index in [4.69, 9.17) is 17.3 Å². The molecule has 1 amide bonds. The molecule has 1 aromatic heterocycles. The van der Waals surface area contributed by atoms with E-state index in [-0.39, 0.29) is 22.4 Å². The highest BCUT2D eigenvalue weighted by atomic mass is 35.5. The van der Waals surface area contributed by atoms with Crippen molar-refractivity contribution in [2.75, 3.05) is 11.1 Å². The second-order valence-corrected chi connectivity index (χ2v) is 4.41. The number of halogens is 2. The molecule has 0 unspecified atom stereocenters. The number of carbonyl (C=O) groups is 1. The Bertz CT molecular complexity index is 626. The van der Waals surface area contributed by atoms with Gasteiger partial charge in [-0.15, -0.1) is 0 Å². The van der Waals surface area contributed by atoms with Gasteiger partial charge in [-0.2, -0.15) is 0 Å². The highest BCUT2D eigenvalue weighted by molar-refractivity contribution is 6.30. The van der Waals surface area contributed by atoms with Crippen molar-refractivity contribution in [2.24, 2.45) is 0 Å². The summed E-state index contributed by atoms with van der Waals surface area (Å²) >= 11 is 5.71. The Balaban J connectivity index is 2.22. The van der Waals surface area contributed by atoms with Crippen LogP contribution in [-0.4, -0.2) is 10.9 Å². The molecule has 0 bridgehead atoms. The molecule has 4 nitrogen and oxygen atoms in total. The van der Waals surface area contributed by atoms with Gasteiger partial charge < -0.3 is 11.1 Å². The van der Waals surface area contributed by atoms with Crippen molar-refractivity contribution in [1.29, 1.82) is 0 Å². The predicted molar refractivity (Wildman–Crippen MR) is 72.7 cm³/mol. The van der Waals surface area contributed by atoms with Crippen LogP contribution in [0.25, 0.3) is 0 Å². The lowest BCUT2D eigenvalue weighted by Gasteiger charge is -2.07. The highest BCUT2D eigenvalue weighted by Gasteiger charge is 2.09. The molecule has 2 aromatic rings. The number of carbonyl (C=O) groups excluding carboxylic acids is 1. The van der Waals surface area contributed by atoms with Gasteiger partial charge in [-0.1, -0.05) is 17.7 Å². The van der Waals surface area contributed by atoms with Crippen molar-refractivity contribution in [2.45, 2.75) is 6.92 Å². The second kappa shape index (κ2) is 5.24. The average Bonchev–Trinajstić information content (AvgIpc) is 2.32. The van der Waals surface area contributed by atoms with Gasteiger partial charge in [0.05, 0.1) is 0 Å². The first-order chi connectivity index (χ1) is 8.95. The third-order valence-corrected chi connectivity index (χ3v) is 2.70. The molecular formula is C13H11ClFN3O. The molecule has 0 saturated carbocycles. The minimum atomic E-state index is -0.431. The number of nitrogens with zero attached hydrogens (tertiary/aromatic N) is 1. The average molecular weight is 280 g/mol. The molecule has 0 atom stereocenters. The maximum absolute atomic E-state index is 13.4. The van der Waals surface area contributed by atoms with Crippen molar-refractivity contribution < 1.29 is 9.18 Å². The van der Waals surface area contributed by atoms with Crippen LogP contribution in [0, 0.1) is 12.7 Å². The van der Waals surface area contributed by atoms with Crippen LogP contribution in [0.4, 0.5) is 15.9 Å². The highest BCUT2D eigenvalue weighted by Crippen LogP contribution is 2.17. The van der Waals surface area contributed by atoms with E-state index in [0.29, 0.717) is 11.3 Å². The van der Waals surface area contributed by atoms with Gasteiger partial charge in [0.25, 0.3) is 5.91 Å². The van der Waals surface area contributed by atoms with E-state index in [1.807, 2.05) is 0 Å². The third-order valence-electron chi connectivity index (χ3n) is 2.51. The molecule has 98 valence electrons. The number of benzene rings is 1. The lowest BCUT2D eigenvalue weighted by atomic mass is 10.2. The quantitative estimate of drug-likeness (QED) is 0.830. The molecule has 0 aliphatic carbocycles. The first-order valence-corrected chi connectivity index (χ1v) is 5.84. The lowest BCUT2D eigenvalue weighted by Crippen LogP contribution is -2.13. The van der Waals surface area contributed by atoms with E-state index < -0.39 is 5.91 Å². The topological polar surface area (TPSA) is 68.0 Å². The Morgan fingerprint density at radius 3 is 2.74 bits per heavy atom. The largest absolute Gasteiger partial charge is 0.384 e. The van der Waals surface area contributed by atoms with Gasteiger partial charge in [0.2, 0.25) is 0 Å². The fourth-order valence-electron chi connectivity index (χ4n) is 1.52. The summed E-state index contributed by atoms with van der Waals surface area (Å²) in [4.78, 5) is 15.7.